The third-order valence-electron chi connectivity index (χ3n) is 4.23. The number of amidine groups is 1. The Hall–Kier alpha value is -3.31. The molecule has 0 aliphatic carbocycles. The second-order valence-electron chi connectivity index (χ2n) is 6.11. The normalized spacial score (nSPS) is 15.2. The molecule has 0 N–H and O–H groups in total. The van der Waals surface area contributed by atoms with E-state index in [1.165, 1.54) is 41.3 Å². The first-order valence-electron chi connectivity index (χ1n) is 8.44. The number of amides is 1. The van der Waals surface area contributed by atoms with E-state index < -0.39 is 5.82 Å². The van der Waals surface area contributed by atoms with Gasteiger partial charge in [0.2, 0.25) is 0 Å². The number of halogens is 3. The predicted molar refractivity (Wildman–Crippen MR) is 106 cm³/mol. The molecule has 0 saturated carbocycles. The highest BCUT2D eigenvalue weighted by Crippen LogP contribution is 2.30. The van der Waals surface area contributed by atoms with Crippen molar-refractivity contribution in [1.29, 1.82) is 0 Å². The van der Waals surface area contributed by atoms with E-state index in [-0.39, 0.29) is 17.4 Å². The first-order valence-corrected chi connectivity index (χ1v) is 8.81. The minimum Gasteiger partial charge on any atom is -0.266 e. The van der Waals surface area contributed by atoms with Crippen LogP contribution < -0.4 is 4.90 Å². The Morgan fingerprint density at radius 1 is 0.857 bits per heavy atom. The zero-order valence-corrected chi connectivity index (χ0v) is 15.2. The van der Waals surface area contributed by atoms with Crippen LogP contribution in [0.3, 0.4) is 0 Å². The number of carbonyl (C=O) groups excluding carboxylic acids is 1. The van der Waals surface area contributed by atoms with Crippen LogP contribution in [-0.2, 0) is 4.79 Å². The van der Waals surface area contributed by atoms with E-state index in [2.05, 4.69) is 4.99 Å². The lowest BCUT2D eigenvalue weighted by Crippen LogP contribution is -2.32. The van der Waals surface area contributed by atoms with Crippen LogP contribution in [0.15, 0.2) is 83.5 Å². The van der Waals surface area contributed by atoms with Gasteiger partial charge in [-0.05, 0) is 60.2 Å². The summed E-state index contributed by atoms with van der Waals surface area (Å²) in [6.07, 6.45) is 1.57. The minimum atomic E-state index is -0.409. The van der Waals surface area contributed by atoms with Gasteiger partial charge in [-0.3, -0.25) is 9.69 Å². The molecule has 0 aromatic heterocycles. The Kier molecular flexibility index (Phi) is 4.75. The second-order valence-corrected chi connectivity index (χ2v) is 6.52. The van der Waals surface area contributed by atoms with Crippen molar-refractivity contribution in [2.45, 2.75) is 0 Å². The van der Waals surface area contributed by atoms with Crippen molar-refractivity contribution in [3.8, 4) is 0 Å². The number of anilines is 1. The molecule has 28 heavy (non-hydrogen) atoms. The Morgan fingerprint density at radius 2 is 1.46 bits per heavy atom. The fraction of sp³-hybridized carbons (Fsp3) is 0. The van der Waals surface area contributed by atoms with Gasteiger partial charge in [-0.25, -0.2) is 13.8 Å². The van der Waals surface area contributed by atoms with Crippen LogP contribution in [0.2, 0.25) is 5.02 Å². The first kappa shape index (κ1) is 18.1. The van der Waals surface area contributed by atoms with Crippen molar-refractivity contribution in [3.63, 3.8) is 0 Å². The van der Waals surface area contributed by atoms with E-state index in [1.54, 1.807) is 42.5 Å². The Morgan fingerprint density at radius 3 is 2.11 bits per heavy atom. The third-order valence-corrected chi connectivity index (χ3v) is 4.56. The lowest BCUT2D eigenvalue weighted by Gasteiger charge is -2.19. The molecule has 1 aliphatic rings. The topological polar surface area (TPSA) is 32.7 Å². The Labute approximate surface area is 165 Å². The second kappa shape index (κ2) is 7.37. The minimum absolute atomic E-state index is 0.172. The Balaban J connectivity index is 1.84. The van der Waals surface area contributed by atoms with Crippen LogP contribution in [0.4, 0.5) is 14.5 Å². The number of aliphatic imine (C=N–C) groups is 1. The molecule has 138 valence electrons. The summed E-state index contributed by atoms with van der Waals surface area (Å²) in [6.45, 7) is 0. The highest BCUT2D eigenvalue weighted by Gasteiger charge is 2.33. The van der Waals surface area contributed by atoms with E-state index in [4.69, 9.17) is 11.6 Å². The highest BCUT2D eigenvalue weighted by atomic mass is 35.5. The molecule has 0 spiro atoms. The van der Waals surface area contributed by atoms with Gasteiger partial charge in [-0.1, -0.05) is 35.9 Å². The molecule has 0 saturated heterocycles. The van der Waals surface area contributed by atoms with Gasteiger partial charge in [0.15, 0.2) is 0 Å². The summed E-state index contributed by atoms with van der Waals surface area (Å²) in [5.41, 5.74) is 1.84. The van der Waals surface area contributed by atoms with E-state index in [0.717, 1.165) is 0 Å². The van der Waals surface area contributed by atoms with Gasteiger partial charge in [0.25, 0.3) is 5.91 Å². The number of hydrogen-bond donors (Lipinski definition) is 0. The van der Waals surface area contributed by atoms with Crippen molar-refractivity contribution in [2.24, 2.45) is 4.99 Å². The summed E-state index contributed by atoms with van der Waals surface area (Å²) in [5.74, 6) is -0.816. The first-order chi connectivity index (χ1) is 13.5. The molecule has 3 aromatic rings. The molecule has 0 bridgehead atoms. The van der Waals surface area contributed by atoms with E-state index in [1.807, 2.05) is 0 Å². The molecule has 3 nitrogen and oxygen atoms in total. The maximum atomic E-state index is 13.4. The van der Waals surface area contributed by atoms with Crippen molar-refractivity contribution in [2.75, 3.05) is 4.90 Å². The maximum absolute atomic E-state index is 13.4. The molecule has 3 aromatic carbocycles. The van der Waals surface area contributed by atoms with Crippen LogP contribution >= 0.6 is 11.6 Å². The zero-order chi connectivity index (χ0) is 19.7. The molecule has 1 amide bonds. The monoisotopic (exact) mass is 394 g/mol. The average molecular weight is 395 g/mol. The molecule has 0 atom stereocenters. The molecule has 6 heteroatoms. The van der Waals surface area contributed by atoms with Crippen molar-refractivity contribution in [1.82, 2.24) is 0 Å². The van der Waals surface area contributed by atoms with E-state index >= 15 is 0 Å². The summed E-state index contributed by atoms with van der Waals surface area (Å²) < 4.78 is 26.5. The summed E-state index contributed by atoms with van der Waals surface area (Å²) in [7, 11) is 0. The summed E-state index contributed by atoms with van der Waals surface area (Å²) in [5, 5.41) is 0.434. The summed E-state index contributed by atoms with van der Waals surface area (Å²) in [4.78, 5) is 19.0. The Bertz CT molecular complexity index is 1110. The molecular formula is C22H13ClF2N2O. The van der Waals surface area contributed by atoms with Gasteiger partial charge in [0, 0.05) is 5.56 Å². The van der Waals surface area contributed by atoms with Gasteiger partial charge in [0.05, 0.1) is 10.7 Å². The smallest absolute Gasteiger partial charge is 0.266 e. The lowest BCUT2D eigenvalue weighted by atomic mass is 10.1. The van der Waals surface area contributed by atoms with Crippen LogP contribution in [0.5, 0.6) is 0 Å². The molecule has 0 unspecified atom stereocenters. The fourth-order valence-electron chi connectivity index (χ4n) is 2.89. The third kappa shape index (κ3) is 3.44. The number of nitrogens with zero attached hydrogens (tertiary/aromatic N) is 2. The molecule has 0 radical (unpaired) electrons. The molecule has 0 fully saturated rings. The molecular weight excluding hydrogens is 382 g/mol. The largest absolute Gasteiger partial charge is 0.282 e. The quantitative estimate of drug-likeness (QED) is 0.543. The SMILES string of the molecule is O=C1/C(=C\c2ccc(F)cc2)N=C(c2ccccc2Cl)N1c1ccc(F)cc1. The highest BCUT2D eigenvalue weighted by molar-refractivity contribution is 6.39. The summed E-state index contributed by atoms with van der Waals surface area (Å²) >= 11 is 6.32. The maximum Gasteiger partial charge on any atom is 0.282 e. The summed E-state index contributed by atoms with van der Waals surface area (Å²) in [6, 6.07) is 18.3. The molecule has 1 heterocycles. The molecule has 4 rings (SSSR count). The van der Waals surface area contributed by atoms with Gasteiger partial charge >= 0.3 is 0 Å². The average Bonchev–Trinajstić information content (AvgIpc) is 3.01. The fourth-order valence-corrected chi connectivity index (χ4v) is 3.11. The van der Waals surface area contributed by atoms with Gasteiger partial charge in [-0.15, -0.1) is 0 Å². The van der Waals surface area contributed by atoms with Gasteiger partial charge < -0.3 is 0 Å². The van der Waals surface area contributed by atoms with Gasteiger partial charge in [0.1, 0.15) is 23.2 Å². The van der Waals surface area contributed by atoms with E-state index in [0.29, 0.717) is 27.7 Å². The number of hydrogen-bond acceptors (Lipinski definition) is 2. The van der Waals surface area contributed by atoms with Crippen LogP contribution in [0.25, 0.3) is 6.08 Å². The van der Waals surface area contributed by atoms with Gasteiger partial charge in [-0.2, -0.15) is 0 Å². The van der Waals surface area contributed by atoms with Crippen molar-refractivity contribution in [3.05, 3.63) is 106 Å². The van der Waals surface area contributed by atoms with Crippen molar-refractivity contribution < 1.29 is 13.6 Å². The van der Waals surface area contributed by atoms with Crippen LogP contribution in [0, 0.1) is 11.6 Å². The van der Waals surface area contributed by atoms with Crippen LogP contribution in [-0.4, -0.2) is 11.7 Å². The standard InChI is InChI=1S/C22H13ClF2N2O/c23-19-4-2-1-3-18(19)21-26-20(13-14-5-7-15(24)8-6-14)22(28)27(21)17-11-9-16(25)10-12-17/h1-13H/b20-13+. The number of carbonyl (C=O) groups is 1. The predicted octanol–water partition coefficient (Wildman–Crippen LogP) is 5.45. The van der Waals surface area contributed by atoms with E-state index in [9.17, 15) is 13.6 Å². The van der Waals surface area contributed by atoms with Crippen LogP contribution in [0.1, 0.15) is 11.1 Å². The lowest BCUT2D eigenvalue weighted by molar-refractivity contribution is -0.113. The number of rotatable bonds is 3. The number of benzene rings is 3. The van der Waals surface area contributed by atoms with Crippen molar-refractivity contribution >= 4 is 35.1 Å². The zero-order valence-electron chi connectivity index (χ0n) is 14.4. The molecule has 1 aliphatic heterocycles.